The summed E-state index contributed by atoms with van der Waals surface area (Å²) in [6.45, 7) is 3.01. The number of carbonyl (C=O) groups is 2. The van der Waals surface area contributed by atoms with E-state index in [-0.39, 0.29) is 11.4 Å². The number of nitrogens with zero attached hydrogens (tertiary/aromatic N) is 3. The van der Waals surface area contributed by atoms with Crippen LogP contribution in [0.25, 0.3) is 21.8 Å². The van der Waals surface area contributed by atoms with E-state index in [4.69, 9.17) is 10.2 Å². The first-order chi connectivity index (χ1) is 21.6. The van der Waals surface area contributed by atoms with Crippen LogP contribution >= 0.6 is 0 Å². The summed E-state index contributed by atoms with van der Waals surface area (Å²) in [5.41, 5.74) is 2.95. The van der Waals surface area contributed by atoms with Crippen LogP contribution < -0.4 is 10.9 Å². The number of benzene rings is 2. The number of hydrogen-bond acceptors (Lipinski definition) is 8. The van der Waals surface area contributed by atoms with Crippen LogP contribution in [-0.2, 0) is 6.54 Å². The fourth-order valence-corrected chi connectivity index (χ4v) is 4.72. The second-order valence-corrected chi connectivity index (χ2v) is 10.3. The predicted octanol–water partition coefficient (Wildman–Crippen LogP) is 3.07. The number of unbranched alkanes of at least 4 members (excludes halogenated alkanes) is 5. The number of carboxylic acid groups (broad SMARTS) is 2. The number of hydrogen-bond donors (Lipinski definition) is 6. The molecule has 0 aliphatic carbocycles. The molecule has 0 fully saturated rings. The fourth-order valence-electron chi connectivity index (χ4n) is 4.72. The quantitative estimate of drug-likeness (QED) is 0.0956. The smallest absolute Gasteiger partial charge is 0.477 e. The Hall–Kier alpha value is -4.55. The zero-order chi connectivity index (χ0) is 32.8. The van der Waals surface area contributed by atoms with E-state index < -0.39 is 26.2 Å². The summed E-state index contributed by atoms with van der Waals surface area (Å²) < 4.78 is 2.16. The number of rotatable bonds is 11. The molecule has 0 saturated heterocycles. The standard InChI is InChI=1S/C20H27B2NO4.2C6H5NO2/c1-2-3-4-5-6-7-12-23-19-13-15(21(24)25)8-10-17(19)18-11-9-16(22(26)27)14-20(18)23;2*8-6(9)5-3-1-2-4-7-5/h8-11,13-14,24-27H,2-7,12H2,1H3;2*1-4H,(H,8,9). The van der Waals surface area contributed by atoms with Gasteiger partial charge in [0, 0.05) is 40.7 Å². The molecule has 13 heteroatoms. The van der Waals surface area contributed by atoms with Crippen molar-refractivity contribution in [3.05, 3.63) is 96.6 Å². The summed E-state index contributed by atoms with van der Waals surface area (Å²) in [4.78, 5) is 27.4. The van der Waals surface area contributed by atoms with Crippen molar-refractivity contribution in [2.24, 2.45) is 0 Å². The minimum absolute atomic E-state index is 0.0810. The molecule has 3 aromatic heterocycles. The van der Waals surface area contributed by atoms with Crippen molar-refractivity contribution < 1.29 is 39.9 Å². The van der Waals surface area contributed by atoms with Gasteiger partial charge in [0.15, 0.2) is 0 Å². The third-order valence-electron chi connectivity index (χ3n) is 7.01. The molecule has 45 heavy (non-hydrogen) atoms. The third-order valence-corrected chi connectivity index (χ3v) is 7.01. The van der Waals surface area contributed by atoms with E-state index in [1.54, 1.807) is 36.4 Å². The van der Waals surface area contributed by atoms with Gasteiger partial charge in [-0.25, -0.2) is 19.6 Å². The summed E-state index contributed by atoms with van der Waals surface area (Å²) in [7, 11) is -3.02. The van der Waals surface area contributed by atoms with Gasteiger partial charge in [-0.2, -0.15) is 0 Å². The zero-order valence-corrected chi connectivity index (χ0v) is 25.0. The van der Waals surface area contributed by atoms with Crippen molar-refractivity contribution in [2.75, 3.05) is 0 Å². The Labute approximate surface area is 261 Å². The Morgan fingerprint density at radius 1 is 0.644 bits per heavy atom. The summed E-state index contributed by atoms with van der Waals surface area (Å²) in [5, 5.41) is 56.9. The average Bonchev–Trinajstić information content (AvgIpc) is 3.36. The molecule has 0 saturated carbocycles. The number of aryl methyl sites for hydroxylation is 1. The van der Waals surface area contributed by atoms with Crippen molar-refractivity contribution in [2.45, 2.75) is 52.0 Å². The number of aromatic nitrogens is 3. The molecular weight excluding hydrogens is 576 g/mol. The van der Waals surface area contributed by atoms with Crippen LogP contribution in [0.2, 0.25) is 0 Å². The molecule has 6 N–H and O–H groups in total. The summed E-state index contributed by atoms with van der Waals surface area (Å²) in [6.07, 6.45) is 10.0. The van der Waals surface area contributed by atoms with E-state index in [2.05, 4.69) is 21.5 Å². The second-order valence-electron chi connectivity index (χ2n) is 10.3. The van der Waals surface area contributed by atoms with Gasteiger partial charge in [0.05, 0.1) is 0 Å². The van der Waals surface area contributed by atoms with Gasteiger partial charge >= 0.3 is 26.2 Å². The molecule has 3 heterocycles. The third kappa shape index (κ3) is 10.3. The van der Waals surface area contributed by atoms with Crippen molar-refractivity contribution >= 4 is 58.9 Å². The first-order valence-electron chi connectivity index (χ1n) is 14.7. The van der Waals surface area contributed by atoms with Gasteiger partial charge in [0.25, 0.3) is 0 Å². The highest BCUT2D eigenvalue weighted by Crippen LogP contribution is 2.28. The van der Waals surface area contributed by atoms with Crippen LogP contribution in [0.4, 0.5) is 0 Å². The summed E-state index contributed by atoms with van der Waals surface area (Å²) in [6, 6.07) is 20.4. The van der Waals surface area contributed by atoms with Gasteiger partial charge in [-0.3, -0.25) is 0 Å². The molecule has 0 radical (unpaired) electrons. The normalized spacial score (nSPS) is 10.4. The van der Waals surface area contributed by atoms with E-state index in [0.717, 1.165) is 41.2 Å². The fraction of sp³-hybridized carbons (Fsp3) is 0.250. The van der Waals surface area contributed by atoms with Crippen LogP contribution in [0.1, 0.15) is 66.4 Å². The molecule has 0 unspecified atom stereocenters. The van der Waals surface area contributed by atoms with Crippen molar-refractivity contribution in [1.82, 2.24) is 14.5 Å². The first kappa shape index (κ1) is 34.9. The Kier molecular flexibility index (Phi) is 13.7. The van der Waals surface area contributed by atoms with Gasteiger partial charge in [-0.1, -0.05) is 75.4 Å². The Morgan fingerprint density at radius 3 is 1.44 bits per heavy atom. The maximum atomic E-state index is 10.1. The monoisotopic (exact) mass is 613 g/mol. The molecule has 0 amide bonds. The molecule has 0 atom stereocenters. The number of carboxylic acids is 2. The number of aromatic carboxylic acids is 2. The van der Waals surface area contributed by atoms with Crippen molar-refractivity contribution in [3.63, 3.8) is 0 Å². The van der Waals surface area contributed by atoms with E-state index in [1.165, 1.54) is 50.2 Å². The molecule has 234 valence electrons. The van der Waals surface area contributed by atoms with Gasteiger partial charge in [-0.05, 0) is 53.7 Å². The SMILES string of the molecule is CCCCCCCCn1c2cc(B(O)O)ccc2c2ccc(B(O)O)cc21.O=C(O)c1ccccn1.O=C(O)c1ccccn1. The molecule has 0 spiro atoms. The van der Waals surface area contributed by atoms with Crippen LogP contribution in [0.15, 0.2) is 85.2 Å². The molecule has 5 rings (SSSR count). The van der Waals surface area contributed by atoms with E-state index >= 15 is 0 Å². The van der Waals surface area contributed by atoms with Crippen LogP contribution in [0.3, 0.4) is 0 Å². The second kappa shape index (κ2) is 17.7. The summed E-state index contributed by atoms with van der Waals surface area (Å²) in [5.74, 6) is -1.98. The number of fused-ring (bicyclic) bond motifs is 3. The Bertz CT molecular complexity index is 1550. The van der Waals surface area contributed by atoms with Gasteiger partial charge in [-0.15, -0.1) is 0 Å². The van der Waals surface area contributed by atoms with Crippen molar-refractivity contribution in [3.8, 4) is 0 Å². The van der Waals surface area contributed by atoms with Gasteiger partial charge in [0.2, 0.25) is 0 Å². The zero-order valence-electron chi connectivity index (χ0n) is 25.0. The van der Waals surface area contributed by atoms with E-state index in [9.17, 15) is 29.7 Å². The highest BCUT2D eigenvalue weighted by Gasteiger charge is 2.18. The van der Waals surface area contributed by atoms with Crippen LogP contribution in [0, 0.1) is 0 Å². The average molecular weight is 613 g/mol. The van der Waals surface area contributed by atoms with Gasteiger partial charge < -0.3 is 34.9 Å². The molecule has 11 nitrogen and oxygen atoms in total. The molecule has 0 aliphatic heterocycles. The Balaban J connectivity index is 0.000000248. The van der Waals surface area contributed by atoms with Gasteiger partial charge in [0.1, 0.15) is 11.4 Å². The molecular formula is C32H37B2N3O8. The molecule has 0 bridgehead atoms. The van der Waals surface area contributed by atoms with Crippen LogP contribution in [-0.4, -0.2) is 71.0 Å². The highest BCUT2D eigenvalue weighted by molar-refractivity contribution is 6.59. The first-order valence-corrected chi connectivity index (χ1v) is 14.7. The lowest BCUT2D eigenvalue weighted by molar-refractivity contribution is 0.0680. The lowest BCUT2D eigenvalue weighted by Gasteiger charge is -2.09. The number of pyridine rings is 2. The molecule has 0 aliphatic rings. The van der Waals surface area contributed by atoms with Crippen LogP contribution in [0.5, 0.6) is 0 Å². The highest BCUT2D eigenvalue weighted by atomic mass is 16.4. The van der Waals surface area contributed by atoms with E-state index in [1.807, 2.05) is 24.3 Å². The van der Waals surface area contributed by atoms with Crippen molar-refractivity contribution in [1.29, 1.82) is 0 Å². The lowest BCUT2D eigenvalue weighted by atomic mass is 9.79. The predicted molar refractivity (Wildman–Crippen MR) is 175 cm³/mol. The maximum absolute atomic E-state index is 10.1. The summed E-state index contributed by atoms with van der Waals surface area (Å²) >= 11 is 0. The maximum Gasteiger partial charge on any atom is 0.488 e. The Morgan fingerprint density at radius 2 is 1.09 bits per heavy atom. The lowest BCUT2D eigenvalue weighted by Crippen LogP contribution is -2.29. The topological polar surface area (TPSA) is 186 Å². The molecule has 2 aromatic carbocycles. The minimum Gasteiger partial charge on any atom is -0.477 e. The van der Waals surface area contributed by atoms with E-state index in [0.29, 0.717) is 10.9 Å². The molecule has 5 aromatic rings. The largest absolute Gasteiger partial charge is 0.488 e. The minimum atomic E-state index is -1.51.